The van der Waals surface area contributed by atoms with Gasteiger partial charge in [0.15, 0.2) is 5.78 Å². The van der Waals surface area contributed by atoms with Gasteiger partial charge in [-0.2, -0.15) is 0 Å². The molecule has 2 heterocycles. The number of rotatable bonds is 8. The Balaban J connectivity index is 1.23. The molecule has 6 heteroatoms. The van der Waals surface area contributed by atoms with Gasteiger partial charge in [-0.3, -0.25) is 14.5 Å². The molecule has 0 aromatic heterocycles. The quantitative estimate of drug-likeness (QED) is 0.604. The monoisotopic (exact) mass is 449 g/mol. The van der Waals surface area contributed by atoms with Crippen molar-refractivity contribution in [1.29, 1.82) is 0 Å². The van der Waals surface area contributed by atoms with Crippen LogP contribution in [0.4, 0.5) is 5.69 Å². The lowest BCUT2D eigenvalue weighted by Gasteiger charge is -2.32. The lowest BCUT2D eigenvalue weighted by atomic mass is 9.99. The highest BCUT2D eigenvalue weighted by Gasteiger charge is 2.21. The molecule has 2 aromatic carbocycles. The summed E-state index contributed by atoms with van der Waals surface area (Å²) in [6.45, 7) is 5.56. The second-order valence-corrected chi connectivity index (χ2v) is 9.37. The number of likely N-dealkylation sites (tertiary alicyclic amines) is 1. The molecule has 0 saturated carbocycles. The number of Topliss-reactive ketones (excluding diaryl/α,β-unsaturated/α-hetero) is 1. The van der Waals surface area contributed by atoms with E-state index in [0.717, 1.165) is 51.1 Å². The van der Waals surface area contributed by atoms with Gasteiger partial charge >= 0.3 is 0 Å². The molecule has 2 N–H and O–H groups in total. The predicted molar refractivity (Wildman–Crippen MR) is 130 cm³/mol. The Labute approximate surface area is 196 Å². The molecule has 0 spiro atoms. The summed E-state index contributed by atoms with van der Waals surface area (Å²) in [6, 6.07) is 16.4. The van der Waals surface area contributed by atoms with Crippen LogP contribution in [0.1, 0.15) is 54.1 Å². The zero-order valence-electron chi connectivity index (χ0n) is 19.5. The predicted octanol–water partition coefficient (Wildman–Crippen LogP) is 3.49. The Hall–Kier alpha value is -2.70. The van der Waals surface area contributed by atoms with Crippen LogP contribution in [0.15, 0.2) is 48.5 Å². The van der Waals surface area contributed by atoms with E-state index in [0.29, 0.717) is 31.0 Å². The van der Waals surface area contributed by atoms with E-state index in [1.807, 2.05) is 29.2 Å². The highest BCUT2D eigenvalue weighted by atomic mass is 16.3. The van der Waals surface area contributed by atoms with E-state index in [-0.39, 0.29) is 11.7 Å². The fraction of sp³-hybridized carbons (Fsp3) is 0.481. The number of hydrogen-bond acceptors (Lipinski definition) is 5. The van der Waals surface area contributed by atoms with Gasteiger partial charge in [0.1, 0.15) is 0 Å². The van der Waals surface area contributed by atoms with Crippen LogP contribution in [0.2, 0.25) is 0 Å². The van der Waals surface area contributed by atoms with Crippen molar-refractivity contribution >= 4 is 17.4 Å². The van der Waals surface area contributed by atoms with Crippen molar-refractivity contribution in [3.63, 3.8) is 0 Å². The Bertz CT molecular complexity index is 969. The maximum absolute atomic E-state index is 12.8. The van der Waals surface area contributed by atoms with Gasteiger partial charge in [0, 0.05) is 63.4 Å². The molecule has 2 aliphatic heterocycles. The van der Waals surface area contributed by atoms with Gasteiger partial charge in [-0.05, 0) is 48.9 Å². The average molecular weight is 450 g/mol. The number of aliphatic hydroxyl groups is 1. The van der Waals surface area contributed by atoms with Crippen LogP contribution in [0.25, 0.3) is 0 Å². The zero-order chi connectivity index (χ0) is 23.2. The van der Waals surface area contributed by atoms with E-state index < -0.39 is 6.10 Å². The van der Waals surface area contributed by atoms with E-state index in [1.54, 1.807) is 6.92 Å². The van der Waals surface area contributed by atoms with Gasteiger partial charge in [-0.15, -0.1) is 0 Å². The van der Waals surface area contributed by atoms with Gasteiger partial charge in [0.2, 0.25) is 5.91 Å². The van der Waals surface area contributed by atoms with Crippen molar-refractivity contribution in [2.45, 2.75) is 57.7 Å². The molecule has 6 nitrogen and oxygen atoms in total. The summed E-state index contributed by atoms with van der Waals surface area (Å²) >= 11 is 0. The summed E-state index contributed by atoms with van der Waals surface area (Å²) in [5, 5.41) is 14.1. The summed E-state index contributed by atoms with van der Waals surface area (Å²) in [6.07, 6.45) is 3.13. The Kier molecular flexibility index (Phi) is 7.78. The molecule has 33 heavy (non-hydrogen) atoms. The van der Waals surface area contributed by atoms with Gasteiger partial charge in [-0.25, -0.2) is 0 Å². The van der Waals surface area contributed by atoms with Crippen molar-refractivity contribution in [2.75, 3.05) is 31.5 Å². The number of β-amino-alcohol motifs (C(OH)–C–C–N with tert-alkyl or cyclic N) is 1. The summed E-state index contributed by atoms with van der Waals surface area (Å²) in [7, 11) is 0. The summed E-state index contributed by atoms with van der Waals surface area (Å²) < 4.78 is 0. The SMILES string of the molecule is CC(=O)N1CCC(Nc2cccc(C(=O)CCC(O)CN3CCc4ccccc4C3)c2)CC1. The first kappa shape index (κ1) is 23.5. The van der Waals surface area contributed by atoms with Crippen LogP contribution < -0.4 is 5.32 Å². The Morgan fingerprint density at radius 1 is 1.06 bits per heavy atom. The molecule has 1 fully saturated rings. The molecule has 0 aliphatic carbocycles. The van der Waals surface area contributed by atoms with E-state index in [9.17, 15) is 14.7 Å². The smallest absolute Gasteiger partial charge is 0.219 e. The molecule has 0 bridgehead atoms. The maximum atomic E-state index is 12.8. The van der Waals surface area contributed by atoms with Crippen molar-refractivity contribution < 1.29 is 14.7 Å². The van der Waals surface area contributed by atoms with Crippen LogP contribution in [-0.2, 0) is 17.8 Å². The van der Waals surface area contributed by atoms with Gasteiger partial charge in [0.25, 0.3) is 0 Å². The molecular formula is C27H35N3O3. The molecule has 2 aromatic rings. The molecule has 1 amide bonds. The number of hydrogen-bond donors (Lipinski definition) is 2. The third kappa shape index (κ3) is 6.42. The van der Waals surface area contributed by atoms with Crippen LogP contribution in [0.3, 0.4) is 0 Å². The van der Waals surface area contributed by atoms with Crippen LogP contribution in [0.5, 0.6) is 0 Å². The number of benzene rings is 2. The van der Waals surface area contributed by atoms with E-state index in [1.165, 1.54) is 11.1 Å². The molecule has 4 rings (SSSR count). The van der Waals surface area contributed by atoms with Crippen molar-refractivity contribution in [3.8, 4) is 0 Å². The molecule has 1 atom stereocenters. The number of anilines is 1. The number of ketones is 1. The fourth-order valence-electron chi connectivity index (χ4n) is 4.90. The molecule has 176 valence electrons. The molecule has 1 saturated heterocycles. The normalized spacial score (nSPS) is 17.9. The van der Waals surface area contributed by atoms with Crippen LogP contribution in [-0.4, -0.2) is 64.9 Å². The second kappa shape index (κ2) is 10.9. The van der Waals surface area contributed by atoms with Gasteiger partial charge < -0.3 is 15.3 Å². The van der Waals surface area contributed by atoms with Gasteiger partial charge in [0.05, 0.1) is 6.10 Å². The molecular weight excluding hydrogens is 414 g/mol. The number of carbonyl (C=O) groups is 2. The molecule has 0 radical (unpaired) electrons. The first-order valence-corrected chi connectivity index (χ1v) is 12.1. The summed E-state index contributed by atoms with van der Waals surface area (Å²) in [5.74, 6) is 0.196. The molecule has 1 unspecified atom stereocenters. The van der Waals surface area contributed by atoms with Gasteiger partial charge in [-0.1, -0.05) is 36.4 Å². The van der Waals surface area contributed by atoms with Crippen molar-refractivity contribution in [3.05, 3.63) is 65.2 Å². The number of fused-ring (bicyclic) bond motifs is 1. The zero-order valence-corrected chi connectivity index (χ0v) is 19.5. The number of nitrogens with one attached hydrogen (secondary N) is 1. The average Bonchev–Trinajstić information content (AvgIpc) is 2.83. The third-order valence-corrected chi connectivity index (χ3v) is 6.88. The number of amides is 1. The first-order valence-electron chi connectivity index (χ1n) is 12.1. The lowest BCUT2D eigenvalue weighted by molar-refractivity contribution is -0.129. The summed E-state index contributed by atoms with van der Waals surface area (Å²) in [4.78, 5) is 28.4. The Morgan fingerprint density at radius 3 is 2.58 bits per heavy atom. The second-order valence-electron chi connectivity index (χ2n) is 9.37. The fourth-order valence-corrected chi connectivity index (χ4v) is 4.90. The maximum Gasteiger partial charge on any atom is 0.219 e. The van der Waals surface area contributed by atoms with E-state index >= 15 is 0 Å². The van der Waals surface area contributed by atoms with E-state index in [2.05, 4.69) is 34.5 Å². The number of carbonyl (C=O) groups excluding carboxylic acids is 2. The minimum absolute atomic E-state index is 0.0630. The highest BCUT2D eigenvalue weighted by molar-refractivity contribution is 5.96. The Morgan fingerprint density at radius 2 is 1.82 bits per heavy atom. The van der Waals surface area contributed by atoms with Crippen molar-refractivity contribution in [2.24, 2.45) is 0 Å². The number of nitrogens with zero attached hydrogens (tertiary/aromatic N) is 2. The van der Waals surface area contributed by atoms with Crippen LogP contribution in [0, 0.1) is 0 Å². The molecule has 2 aliphatic rings. The van der Waals surface area contributed by atoms with E-state index in [4.69, 9.17) is 0 Å². The minimum Gasteiger partial charge on any atom is -0.392 e. The largest absolute Gasteiger partial charge is 0.392 e. The topological polar surface area (TPSA) is 72.9 Å². The first-order chi connectivity index (χ1) is 16.0. The number of piperidine rings is 1. The van der Waals surface area contributed by atoms with Crippen molar-refractivity contribution in [1.82, 2.24) is 9.80 Å². The third-order valence-electron chi connectivity index (χ3n) is 6.88. The number of aliphatic hydroxyl groups excluding tert-OH is 1. The minimum atomic E-state index is -0.507. The van der Waals surface area contributed by atoms with Crippen LogP contribution >= 0.6 is 0 Å². The standard InChI is InChI=1S/C27H35N3O3/c1-20(31)30-15-12-24(13-16-30)28-25-8-4-7-22(17-25)27(33)10-9-26(32)19-29-14-11-21-5-2-3-6-23(21)18-29/h2-8,17,24,26,28,32H,9-16,18-19H2,1H3. The highest BCUT2D eigenvalue weighted by Crippen LogP contribution is 2.21. The lowest BCUT2D eigenvalue weighted by Crippen LogP contribution is -2.41. The summed E-state index contributed by atoms with van der Waals surface area (Å²) in [5.41, 5.74) is 4.36.